The third-order valence-electron chi connectivity index (χ3n) is 2.30. The monoisotopic (exact) mass is 304 g/mol. The Balaban J connectivity index is 2.79. The van der Waals surface area contributed by atoms with Gasteiger partial charge in [-0.05, 0) is 13.0 Å². The number of amides is 2. The molecule has 0 saturated heterocycles. The summed E-state index contributed by atoms with van der Waals surface area (Å²) in [5.74, 6) is -0.945. The molecule has 0 aliphatic carbocycles. The molecule has 0 aromatic heterocycles. The molecule has 1 rings (SSSR count). The summed E-state index contributed by atoms with van der Waals surface area (Å²) in [6.45, 7) is 1.64. The van der Waals surface area contributed by atoms with Crippen molar-refractivity contribution in [2.24, 2.45) is 0 Å². The van der Waals surface area contributed by atoms with E-state index in [-0.39, 0.29) is 17.9 Å². The highest BCUT2D eigenvalue weighted by Gasteiger charge is 2.13. The van der Waals surface area contributed by atoms with E-state index in [1.165, 1.54) is 24.3 Å². The maximum atomic E-state index is 11.6. The average Bonchev–Trinajstić information content (AvgIpc) is 2.48. The highest BCUT2D eigenvalue weighted by atomic mass is 16.6. The first-order chi connectivity index (χ1) is 10.5. The smallest absolute Gasteiger partial charge is 0.414 e. The van der Waals surface area contributed by atoms with Crippen molar-refractivity contribution in [2.45, 2.75) is 6.92 Å². The highest BCUT2D eigenvalue weighted by molar-refractivity contribution is 6.05. The lowest BCUT2D eigenvalue weighted by atomic mass is 10.2. The van der Waals surface area contributed by atoms with E-state index in [0.29, 0.717) is 5.69 Å². The van der Waals surface area contributed by atoms with Gasteiger partial charge in [0.05, 0.1) is 11.5 Å². The van der Waals surface area contributed by atoms with Crippen molar-refractivity contribution in [3.05, 3.63) is 46.2 Å². The summed E-state index contributed by atoms with van der Waals surface area (Å²) in [4.78, 5) is 32.7. The Labute approximate surface area is 125 Å². The number of nitrogens with zero attached hydrogens (tertiary/aromatic N) is 2. The van der Waals surface area contributed by atoms with Crippen LogP contribution in [0.2, 0.25) is 0 Å². The molecule has 22 heavy (non-hydrogen) atoms. The summed E-state index contributed by atoms with van der Waals surface area (Å²) in [5, 5.41) is 23.9. The molecule has 9 heteroatoms. The lowest BCUT2D eigenvalue weighted by Gasteiger charge is -2.04. The number of hydrogen-bond acceptors (Lipinski definition) is 7. The number of carbonyl (C=O) groups is 2. The van der Waals surface area contributed by atoms with Crippen molar-refractivity contribution >= 4 is 23.4 Å². The first kappa shape index (κ1) is 16.6. The number of hydrogen-bond donors (Lipinski definition) is 2. The molecule has 2 N–H and O–H groups in total. The number of carbonyl (C=O) groups excluding carboxylic acids is 2. The Hall–Kier alpha value is -3.41. The second-order valence-electron chi connectivity index (χ2n) is 3.80. The molecule has 0 saturated carbocycles. The molecule has 0 atom stereocenters. The van der Waals surface area contributed by atoms with Gasteiger partial charge in [-0.1, -0.05) is 6.07 Å². The van der Waals surface area contributed by atoms with Gasteiger partial charge in [-0.3, -0.25) is 20.2 Å². The van der Waals surface area contributed by atoms with E-state index in [1.54, 1.807) is 13.0 Å². The summed E-state index contributed by atoms with van der Waals surface area (Å²) < 4.78 is 4.51. The molecular formula is C13H12N4O5. The molecule has 1 aromatic carbocycles. The van der Waals surface area contributed by atoms with Crippen molar-refractivity contribution in [1.82, 2.24) is 5.32 Å². The number of rotatable bonds is 5. The second-order valence-corrected chi connectivity index (χ2v) is 3.80. The van der Waals surface area contributed by atoms with Crippen LogP contribution in [0, 0.1) is 21.4 Å². The van der Waals surface area contributed by atoms with E-state index in [1.807, 2.05) is 5.32 Å². The summed E-state index contributed by atoms with van der Waals surface area (Å²) in [5.41, 5.74) is -0.224. The Morgan fingerprint density at radius 2 is 2.23 bits per heavy atom. The third kappa shape index (κ3) is 4.93. The Kier molecular flexibility index (Phi) is 6.06. The van der Waals surface area contributed by atoms with Gasteiger partial charge in [-0.25, -0.2) is 4.79 Å². The Bertz CT molecular complexity index is 663. The fourth-order valence-corrected chi connectivity index (χ4v) is 1.34. The number of nitrogens with one attached hydrogen (secondary N) is 2. The van der Waals surface area contributed by atoms with E-state index in [0.717, 1.165) is 6.20 Å². The van der Waals surface area contributed by atoms with Gasteiger partial charge in [0.2, 0.25) is 0 Å². The Morgan fingerprint density at radius 3 is 2.82 bits per heavy atom. The molecule has 0 radical (unpaired) electrons. The summed E-state index contributed by atoms with van der Waals surface area (Å²) >= 11 is 0. The van der Waals surface area contributed by atoms with Crippen LogP contribution in [0.25, 0.3) is 0 Å². The molecule has 0 heterocycles. The number of nitriles is 1. The zero-order valence-corrected chi connectivity index (χ0v) is 11.5. The summed E-state index contributed by atoms with van der Waals surface area (Å²) in [7, 11) is 0. The van der Waals surface area contributed by atoms with E-state index in [2.05, 4.69) is 10.1 Å². The van der Waals surface area contributed by atoms with Gasteiger partial charge >= 0.3 is 6.09 Å². The van der Waals surface area contributed by atoms with Crippen LogP contribution in [0.1, 0.15) is 6.92 Å². The minimum Gasteiger partial charge on any atom is -0.450 e. The number of nitro benzene ring substituents is 1. The Morgan fingerprint density at radius 1 is 1.50 bits per heavy atom. The maximum absolute atomic E-state index is 11.6. The minimum atomic E-state index is -0.969. The molecule has 0 aliphatic rings. The van der Waals surface area contributed by atoms with Crippen LogP contribution < -0.4 is 10.6 Å². The molecule has 0 bridgehead atoms. The van der Waals surface area contributed by atoms with Crippen LogP contribution in [-0.4, -0.2) is 23.5 Å². The number of alkyl carbamates (subject to hydrolysis) is 1. The van der Waals surface area contributed by atoms with Crippen molar-refractivity contribution in [3.8, 4) is 6.07 Å². The number of imide groups is 1. The number of ether oxygens (including phenoxy) is 1. The van der Waals surface area contributed by atoms with E-state index < -0.39 is 16.9 Å². The SMILES string of the molecule is CCOC(=O)NC(=O)/C(C#N)=C\Nc1cccc([N+](=O)[O-])c1. The standard InChI is InChI=1S/C13H12N4O5/c1-2-22-13(19)16-12(18)9(7-14)8-15-10-4-3-5-11(6-10)17(20)21/h3-6,8,15H,2H2,1H3,(H,16,18,19)/b9-8-. The average molecular weight is 304 g/mol. The first-order valence-corrected chi connectivity index (χ1v) is 6.07. The number of non-ortho nitro benzene ring substituents is 1. The van der Waals surface area contributed by atoms with Gasteiger partial charge < -0.3 is 10.1 Å². The quantitative estimate of drug-likeness (QED) is 0.365. The molecular weight excluding hydrogens is 292 g/mol. The van der Waals surface area contributed by atoms with E-state index in [9.17, 15) is 19.7 Å². The third-order valence-corrected chi connectivity index (χ3v) is 2.30. The predicted molar refractivity (Wildman–Crippen MR) is 75.6 cm³/mol. The van der Waals surface area contributed by atoms with Crippen molar-refractivity contribution in [2.75, 3.05) is 11.9 Å². The molecule has 114 valence electrons. The van der Waals surface area contributed by atoms with E-state index in [4.69, 9.17) is 5.26 Å². The fraction of sp³-hybridized carbons (Fsp3) is 0.154. The largest absolute Gasteiger partial charge is 0.450 e. The molecule has 9 nitrogen and oxygen atoms in total. The van der Waals surface area contributed by atoms with Crippen LogP contribution in [0.4, 0.5) is 16.2 Å². The van der Waals surface area contributed by atoms with Gasteiger partial charge in [0, 0.05) is 24.0 Å². The fourth-order valence-electron chi connectivity index (χ4n) is 1.34. The van der Waals surface area contributed by atoms with Gasteiger partial charge in [0.1, 0.15) is 11.6 Å². The number of anilines is 1. The van der Waals surface area contributed by atoms with Crippen LogP contribution in [-0.2, 0) is 9.53 Å². The van der Waals surface area contributed by atoms with Crippen LogP contribution in [0.15, 0.2) is 36.0 Å². The molecule has 0 fully saturated rings. The molecule has 1 aromatic rings. The molecule has 0 aliphatic heterocycles. The molecule has 2 amide bonds. The minimum absolute atomic E-state index is 0.0800. The van der Waals surface area contributed by atoms with Gasteiger partial charge in [0.25, 0.3) is 11.6 Å². The summed E-state index contributed by atoms with van der Waals surface area (Å²) in [6.07, 6.45) is 0.0668. The van der Waals surface area contributed by atoms with Crippen LogP contribution in [0.5, 0.6) is 0 Å². The number of nitro groups is 1. The highest BCUT2D eigenvalue weighted by Crippen LogP contribution is 2.17. The van der Waals surface area contributed by atoms with Gasteiger partial charge in [-0.2, -0.15) is 5.26 Å². The zero-order valence-electron chi connectivity index (χ0n) is 11.5. The molecule has 0 unspecified atom stereocenters. The van der Waals surface area contributed by atoms with Gasteiger partial charge in [-0.15, -0.1) is 0 Å². The first-order valence-electron chi connectivity index (χ1n) is 6.07. The van der Waals surface area contributed by atoms with Gasteiger partial charge in [0.15, 0.2) is 0 Å². The predicted octanol–water partition coefficient (Wildman–Crippen LogP) is 1.69. The second kappa shape index (κ2) is 8.01. The lowest BCUT2D eigenvalue weighted by molar-refractivity contribution is -0.384. The summed E-state index contributed by atoms with van der Waals surface area (Å²) in [6, 6.07) is 7.09. The van der Waals surface area contributed by atoms with E-state index >= 15 is 0 Å². The van der Waals surface area contributed by atoms with Crippen molar-refractivity contribution in [3.63, 3.8) is 0 Å². The number of benzene rings is 1. The van der Waals surface area contributed by atoms with Crippen LogP contribution >= 0.6 is 0 Å². The normalized spacial score (nSPS) is 10.3. The molecule has 0 spiro atoms. The van der Waals surface area contributed by atoms with Crippen molar-refractivity contribution in [1.29, 1.82) is 5.26 Å². The van der Waals surface area contributed by atoms with Crippen molar-refractivity contribution < 1.29 is 19.2 Å². The maximum Gasteiger partial charge on any atom is 0.414 e. The zero-order chi connectivity index (χ0) is 16.5. The van der Waals surface area contributed by atoms with Crippen LogP contribution in [0.3, 0.4) is 0 Å². The lowest BCUT2D eigenvalue weighted by Crippen LogP contribution is -2.32. The topological polar surface area (TPSA) is 134 Å².